The van der Waals surface area contributed by atoms with Crippen LogP contribution in [0.2, 0.25) is 0 Å². The van der Waals surface area contributed by atoms with E-state index < -0.39 is 0 Å². The largest absolute Gasteiger partial charge is 0.316 e. The van der Waals surface area contributed by atoms with Crippen LogP contribution in [-0.2, 0) is 0 Å². The lowest BCUT2D eigenvalue weighted by atomic mass is 10.1. The van der Waals surface area contributed by atoms with Crippen molar-refractivity contribution in [3.05, 3.63) is 47.4 Å². The van der Waals surface area contributed by atoms with Crippen LogP contribution in [-0.4, -0.2) is 21.3 Å². The van der Waals surface area contributed by atoms with Gasteiger partial charge in [0.25, 0.3) is 11.6 Å². The van der Waals surface area contributed by atoms with Crippen molar-refractivity contribution in [2.75, 3.05) is 5.73 Å². The molecular weight excluding hydrogens is 288 g/mol. The van der Waals surface area contributed by atoms with Gasteiger partial charge >= 0.3 is 0 Å². The van der Waals surface area contributed by atoms with E-state index in [9.17, 15) is 0 Å². The summed E-state index contributed by atoms with van der Waals surface area (Å²) in [4.78, 5) is 8.40. The summed E-state index contributed by atoms with van der Waals surface area (Å²) in [5.74, 6) is 1.21. The molecule has 0 aliphatic heterocycles. The highest BCUT2D eigenvalue weighted by Crippen LogP contribution is 2.28. The number of allylic oxidation sites excluding steroid dienone is 1. The molecule has 0 amide bonds. The van der Waals surface area contributed by atoms with Crippen molar-refractivity contribution in [1.29, 1.82) is 0 Å². The molecule has 0 aromatic carbocycles. The molecule has 6 nitrogen and oxygen atoms in total. The highest BCUT2D eigenvalue weighted by molar-refractivity contribution is 5.74. The molecule has 6 heteroatoms. The van der Waals surface area contributed by atoms with E-state index in [2.05, 4.69) is 21.8 Å². The Morgan fingerprint density at radius 2 is 2.13 bits per heavy atom. The van der Waals surface area contributed by atoms with E-state index >= 15 is 0 Å². The van der Waals surface area contributed by atoms with Crippen LogP contribution in [0.25, 0.3) is 17.5 Å². The van der Waals surface area contributed by atoms with E-state index in [0.29, 0.717) is 17.3 Å². The van der Waals surface area contributed by atoms with Crippen LogP contribution in [0, 0.1) is 13.8 Å². The predicted molar refractivity (Wildman–Crippen MR) is 92.3 cm³/mol. The van der Waals surface area contributed by atoms with Gasteiger partial charge < -0.3 is 5.73 Å². The van der Waals surface area contributed by atoms with Crippen LogP contribution < -0.4 is 10.3 Å². The molecule has 0 saturated heterocycles. The summed E-state index contributed by atoms with van der Waals surface area (Å²) in [5, 5.41) is 4.62. The summed E-state index contributed by atoms with van der Waals surface area (Å²) in [6.45, 7) is 9.59. The number of imidazole rings is 1. The molecular formula is C17H19N6+. The second-order valence-corrected chi connectivity index (χ2v) is 5.35. The van der Waals surface area contributed by atoms with E-state index in [-0.39, 0.29) is 0 Å². The molecule has 2 N–H and O–H groups in total. The van der Waals surface area contributed by atoms with Crippen LogP contribution in [0.4, 0.5) is 11.5 Å². The summed E-state index contributed by atoms with van der Waals surface area (Å²) in [6.07, 6.45) is 7.69. The molecule has 0 aliphatic carbocycles. The third kappa shape index (κ3) is 2.38. The van der Waals surface area contributed by atoms with Crippen molar-refractivity contribution >= 4 is 29.9 Å². The van der Waals surface area contributed by atoms with Crippen molar-refractivity contribution < 1.29 is 4.57 Å². The number of aromatic nitrogens is 4. The second-order valence-electron chi connectivity index (χ2n) is 5.35. The lowest BCUT2D eigenvalue weighted by molar-refractivity contribution is -0.584. The second kappa shape index (κ2) is 5.64. The number of anilines is 1. The highest BCUT2D eigenvalue weighted by atomic mass is 15.3. The Morgan fingerprint density at radius 1 is 1.35 bits per heavy atom. The van der Waals surface area contributed by atoms with Gasteiger partial charge in [-0.1, -0.05) is 12.2 Å². The van der Waals surface area contributed by atoms with Crippen LogP contribution in [0.5, 0.6) is 0 Å². The van der Waals surface area contributed by atoms with Crippen molar-refractivity contribution in [2.24, 2.45) is 4.99 Å². The van der Waals surface area contributed by atoms with E-state index in [1.807, 2.05) is 55.8 Å². The topological polar surface area (TPSA) is 72.5 Å². The first-order valence-corrected chi connectivity index (χ1v) is 7.32. The number of nitrogen functional groups attached to an aromatic ring is 1. The highest BCUT2D eigenvalue weighted by Gasteiger charge is 2.19. The molecule has 3 heterocycles. The molecule has 0 spiro atoms. The normalized spacial score (nSPS) is 11.4. The van der Waals surface area contributed by atoms with Crippen molar-refractivity contribution in [3.8, 4) is 5.82 Å². The number of rotatable bonds is 3. The minimum atomic E-state index is 0.503. The summed E-state index contributed by atoms with van der Waals surface area (Å²) < 4.78 is 3.61. The van der Waals surface area contributed by atoms with Gasteiger partial charge in [-0.15, -0.1) is 0 Å². The van der Waals surface area contributed by atoms with Crippen molar-refractivity contribution in [1.82, 2.24) is 14.6 Å². The van der Waals surface area contributed by atoms with Gasteiger partial charge in [-0.2, -0.15) is 9.08 Å². The first kappa shape index (κ1) is 14.9. The summed E-state index contributed by atoms with van der Waals surface area (Å²) in [6, 6.07) is 3.80. The van der Waals surface area contributed by atoms with E-state index in [1.54, 1.807) is 10.7 Å². The number of nitrogens with zero attached hydrogens (tertiary/aromatic N) is 5. The summed E-state index contributed by atoms with van der Waals surface area (Å²) >= 11 is 0. The van der Waals surface area contributed by atoms with Gasteiger partial charge in [0.1, 0.15) is 5.69 Å². The van der Waals surface area contributed by atoms with E-state index in [1.165, 1.54) is 0 Å². The Bertz CT molecular complexity index is 936. The molecule has 0 atom stereocenters. The molecule has 3 aromatic rings. The maximum Gasteiger partial charge on any atom is 0.291 e. The Kier molecular flexibility index (Phi) is 3.65. The van der Waals surface area contributed by atoms with E-state index in [4.69, 9.17) is 5.73 Å². The maximum absolute atomic E-state index is 6.31. The Labute approximate surface area is 134 Å². The third-order valence-electron chi connectivity index (χ3n) is 3.76. The van der Waals surface area contributed by atoms with Crippen molar-refractivity contribution in [2.45, 2.75) is 20.8 Å². The van der Waals surface area contributed by atoms with Gasteiger partial charge in [-0.05, 0) is 44.2 Å². The molecule has 0 unspecified atom stereocenters. The molecule has 0 aliphatic rings. The number of hydrogen-bond acceptors (Lipinski definition) is 4. The van der Waals surface area contributed by atoms with Gasteiger partial charge in [0.05, 0.1) is 18.1 Å². The van der Waals surface area contributed by atoms with Crippen LogP contribution in [0.1, 0.15) is 23.7 Å². The molecule has 0 bridgehead atoms. The number of fused-ring (bicyclic) bond motifs is 1. The van der Waals surface area contributed by atoms with E-state index in [0.717, 1.165) is 22.5 Å². The zero-order valence-corrected chi connectivity index (χ0v) is 13.5. The molecule has 0 fully saturated rings. The lowest BCUT2D eigenvalue weighted by Crippen LogP contribution is -2.36. The minimum absolute atomic E-state index is 0.503. The summed E-state index contributed by atoms with van der Waals surface area (Å²) in [5.41, 5.74) is 10.8. The fourth-order valence-corrected chi connectivity index (χ4v) is 2.61. The average molecular weight is 307 g/mol. The fourth-order valence-electron chi connectivity index (χ4n) is 2.61. The Balaban J connectivity index is 2.27. The zero-order chi connectivity index (χ0) is 16.6. The number of hydrogen-bond donors (Lipinski definition) is 1. The number of aliphatic imine (C=N–C) groups is 1. The SMILES string of the molecule is C=Nc1c(/C=C\C)c(C)c[n+](-c2ccc3ncc(C)n3n2)c1N. The van der Waals surface area contributed by atoms with Gasteiger partial charge in [0.15, 0.2) is 5.65 Å². The van der Waals surface area contributed by atoms with Crippen LogP contribution in [0.15, 0.2) is 35.6 Å². The van der Waals surface area contributed by atoms with Crippen LogP contribution in [0.3, 0.4) is 0 Å². The number of nitrogens with two attached hydrogens (primary N) is 1. The number of pyridine rings is 1. The summed E-state index contributed by atoms with van der Waals surface area (Å²) in [7, 11) is 0. The fraction of sp³-hybridized carbons (Fsp3) is 0.176. The average Bonchev–Trinajstić information content (AvgIpc) is 2.92. The van der Waals surface area contributed by atoms with Crippen LogP contribution >= 0.6 is 0 Å². The smallest absolute Gasteiger partial charge is 0.291 e. The Morgan fingerprint density at radius 3 is 2.83 bits per heavy atom. The Hall–Kier alpha value is -3.02. The molecule has 0 radical (unpaired) electrons. The molecule has 116 valence electrons. The van der Waals surface area contributed by atoms with Gasteiger partial charge in [0.2, 0.25) is 0 Å². The van der Waals surface area contributed by atoms with Gasteiger partial charge in [-0.3, -0.25) is 4.99 Å². The molecule has 3 rings (SSSR count). The quantitative estimate of drug-likeness (QED) is 0.597. The zero-order valence-electron chi connectivity index (χ0n) is 13.5. The van der Waals surface area contributed by atoms with Gasteiger partial charge in [0, 0.05) is 11.6 Å². The standard InChI is InChI=1S/C17H18N6/c1-5-6-13-11(2)10-22(17(18)16(13)19-4)15-8-7-14-20-9-12(3)23(14)21-15/h5-10,18H,4H2,1-3H3/p+1/b6-5-. The first-order valence-electron chi connectivity index (χ1n) is 7.32. The third-order valence-corrected chi connectivity index (χ3v) is 3.76. The first-order chi connectivity index (χ1) is 11.1. The maximum atomic E-state index is 6.31. The monoisotopic (exact) mass is 307 g/mol. The lowest BCUT2D eigenvalue weighted by Gasteiger charge is -2.10. The minimum Gasteiger partial charge on any atom is -0.316 e. The number of aryl methyl sites for hydroxylation is 2. The molecule has 23 heavy (non-hydrogen) atoms. The predicted octanol–water partition coefficient (Wildman–Crippen LogP) is 2.57. The molecule has 0 saturated carbocycles. The molecule has 3 aromatic heterocycles. The van der Waals surface area contributed by atoms with Gasteiger partial charge in [-0.25, -0.2) is 4.98 Å². The van der Waals surface area contributed by atoms with Crippen molar-refractivity contribution in [3.63, 3.8) is 0 Å².